The summed E-state index contributed by atoms with van der Waals surface area (Å²) in [5.41, 5.74) is 0.739. The molecule has 0 aromatic heterocycles. The van der Waals surface area contributed by atoms with Crippen LogP contribution in [0.15, 0.2) is 18.2 Å². The van der Waals surface area contributed by atoms with Crippen LogP contribution in [0, 0.1) is 0 Å². The van der Waals surface area contributed by atoms with Crippen LogP contribution >= 0.6 is 11.8 Å². The van der Waals surface area contributed by atoms with Gasteiger partial charge in [0.15, 0.2) is 11.5 Å². The zero-order chi connectivity index (χ0) is 12.4. The smallest absolute Gasteiger partial charge is 0.242 e. The van der Waals surface area contributed by atoms with Crippen LogP contribution in [-0.2, 0) is 4.79 Å². The van der Waals surface area contributed by atoms with Crippen molar-refractivity contribution in [1.29, 1.82) is 0 Å². The summed E-state index contributed by atoms with van der Waals surface area (Å²) in [4.78, 5) is 11.9. The molecule has 1 saturated heterocycles. The monoisotopic (exact) mass is 266 g/mol. The van der Waals surface area contributed by atoms with Crippen molar-refractivity contribution in [2.24, 2.45) is 0 Å². The van der Waals surface area contributed by atoms with Gasteiger partial charge in [-0.15, -0.1) is 11.8 Å². The van der Waals surface area contributed by atoms with E-state index in [1.807, 2.05) is 12.1 Å². The molecule has 2 aliphatic heterocycles. The number of amides is 1. The number of thioether (sulfide) groups is 1. The number of hydrogen-bond acceptors (Lipinski definition) is 5. The fourth-order valence-electron chi connectivity index (χ4n) is 1.91. The molecule has 2 heterocycles. The molecule has 1 aromatic rings. The second-order valence-electron chi connectivity index (χ2n) is 4.12. The van der Waals surface area contributed by atoms with Crippen molar-refractivity contribution in [2.45, 2.75) is 6.04 Å². The third-order valence-corrected chi connectivity index (χ3v) is 3.78. The Bertz CT molecular complexity index is 461. The van der Waals surface area contributed by atoms with Crippen molar-refractivity contribution in [3.05, 3.63) is 18.2 Å². The predicted octanol–water partition coefficient (Wildman–Crippen LogP) is 1.06. The number of rotatable bonds is 2. The molecule has 0 radical (unpaired) electrons. The van der Waals surface area contributed by atoms with Crippen LogP contribution in [-0.4, -0.2) is 36.8 Å². The summed E-state index contributed by atoms with van der Waals surface area (Å²) in [7, 11) is 0. The summed E-state index contributed by atoms with van der Waals surface area (Å²) in [6, 6.07) is 5.34. The van der Waals surface area contributed by atoms with Crippen LogP contribution in [0.25, 0.3) is 0 Å². The van der Waals surface area contributed by atoms with Crippen molar-refractivity contribution < 1.29 is 14.3 Å². The highest BCUT2D eigenvalue weighted by Crippen LogP contribution is 2.32. The number of anilines is 1. The third-order valence-electron chi connectivity index (χ3n) is 2.84. The minimum absolute atomic E-state index is 0.00308. The highest BCUT2D eigenvalue weighted by atomic mass is 32.2. The molecule has 5 nitrogen and oxygen atoms in total. The van der Waals surface area contributed by atoms with E-state index in [1.165, 1.54) is 0 Å². The van der Waals surface area contributed by atoms with Gasteiger partial charge in [0.2, 0.25) is 5.91 Å². The fourth-order valence-corrected chi connectivity index (χ4v) is 2.86. The normalized spacial score (nSPS) is 21.7. The Morgan fingerprint density at radius 3 is 2.94 bits per heavy atom. The molecule has 18 heavy (non-hydrogen) atoms. The van der Waals surface area contributed by atoms with E-state index in [9.17, 15) is 4.79 Å². The van der Waals surface area contributed by atoms with Gasteiger partial charge in [0.1, 0.15) is 13.2 Å². The summed E-state index contributed by atoms with van der Waals surface area (Å²) in [6.07, 6.45) is 0. The topological polar surface area (TPSA) is 59.6 Å². The standard InChI is InChI=1S/C12H14N2O3S/c15-12(9-6-18-7-13-9)14-8-1-2-10-11(5-8)17-4-3-16-10/h1-2,5,9,13H,3-4,6-7H2,(H,14,15). The maximum absolute atomic E-state index is 11.9. The quantitative estimate of drug-likeness (QED) is 0.838. The second kappa shape index (κ2) is 5.07. The van der Waals surface area contributed by atoms with E-state index in [0.717, 1.165) is 23.1 Å². The fraction of sp³-hybridized carbons (Fsp3) is 0.417. The second-order valence-corrected chi connectivity index (χ2v) is 5.15. The molecule has 96 valence electrons. The first-order valence-electron chi connectivity index (χ1n) is 5.84. The highest BCUT2D eigenvalue weighted by molar-refractivity contribution is 7.99. The van der Waals surface area contributed by atoms with Gasteiger partial charge in [-0.25, -0.2) is 0 Å². The molecule has 0 saturated carbocycles. The Kier molecular flexibility index (Phi) is 3.29. The Morgan fingerprint density at radius 2 is 2.17 bits per heavy atom. The lowest BCUT2D eigenvalue weighted by Crippen LogP contribution is -2.37. The first-order chi connectivity index (χ1) is 8.83. The SMILES string of the molecule is O=C(Nc1ccc2c(c1)OCCO2)C1CSCN1. The molecular formula is C12H14N2O3S. The van der Waals surface area contributed by atoms with Gasteiger partial charge in [-0.2, -0.15) is 0 Å². The summed E-state index contributed by atoms with van der Waals surface area (Å²) in [6.45, 7) is 1.12. The maximum Gasteiger partial charge on any atom is 0.242 e. The number of benzene rings is 1. The van der Waals surface area contributed by atoms with Crippen molar-refractivity contribution in [2.75, 3.05) is 30.2 Å². The van der Waals surface area contributed by atoms with Crippen molar-refractivity contribution in [3.8, 4) is 11.5 Å². The van der Waals surface area contributed by atoms with E-state index < -0.39 is 0 Å². The summed E-state index contributed by atoms with van der Waals surface area (Å²) >= 11 is 1.73. The van der Waals surface area contributed by atoms with Gasteiger partial charge in [0, 0.05) is 23.4 Å². The Hall–Kier alpha value is -1.40. The van der Waals surface area contributed by atoms with Gasteiger partial charge in [-0.1, -0.05) is 0 Å². The summed E-state index contributed by atoms with van der Waals surface area (Å²) in [5, 5.41) is 6.02. The van der Waals surface area contributed by atoms with Crippen LogP contribution in [0.3, 0.4) is 0 Å². The van der Waals surface area contributed by atoms with Crippen LogP contribution in [0.1, 0.15) is 0 Å². The van der Waals surface area contributed by atoms with Gasteiger partial charge >= 0.3 is 0 Å². The molecule has 1 amide bonds. The van der Waals surface area contributed by atoms with Crippen molar-refractivity contribution in [3.63, 3.8) is 0 Å². The largest absolute Gasteiger partial charge is 0.486 e. The molecule has 0 aliphatic carbocycles. The van der Waals surface area contributed by atoms with Crippen LogP contribution in [0.2, 0.25) is 0 Å². The summed E-state index contributed by atoms with van der Waals surface area (Å²) in [5.74, 6) is 3.06. The minimum atomic E-state index is -0.108. The Morgan fingerprint density at radius 1 is 1.33 bits per heavy atom. The zero-order valence-corrected chi connectivity index (χ0v) is 10.6. The lowest BCUT2D eigenvalue weighted by Gasteiger charge is -2.19. The number of nitrogens with one attached hydrogen (secondary N) is 2. The molecule has 1 atom stereocenters. The Balaban J connectivity index is 1.70. The lowest BCUT2D eigenvalue weighted by atomic mass is 10.2. The predicted molar refractivity (Wildman–Crippen MR) is 70.3 cm³/mol. The molecule has 1 fully saturated rings. The average molecular weight is 266 g/mol. The van der Waals surface area contributed by atoms with Crippen molar-refractivity contribution in [1.82, 2.24) is 5.32 Å². The van der Waals surface area contributed by atoms with E-state index in [1.54, 1.807) is 17.8 Å². The van der Waals surface area contributed by atoms with Gasteiger partial charge in [-0.05, 0) is 12.1 Å². The third kappa shape index (κ3) is 2.39. The van der Waals surface area contributed by atoms with Gasteiger partial charge in [0.05, 0.1) is 6.04 Å². The number of hydrogen-bond donors (Lipinski definition) is 2. The molecule has 1 aromatic carbocycles. The molecule has 3 rings (SSSR count). The molecule has 0 spiro atoms. The minimum Gasteiger partial charge on any atom is -0.486 e. The molecule has 6 heteroatoms. The number of fused-ring (bicyclic) bond motifs is 1. The number of ether oxygens (including phenoxy) is 2. The first-order valence-corrected chi connectivity index (χ1v) is 7.00. The molecule has 1 unspecified atom stereocenters. The maximum atomic E-state index is 11.9. The highest BCUT2D eigenvalue weighted by Gasteiger charge is 2.23. The average Bonchev–Trinajstić information content (AvgIpc) is 2.92. The van der Waals surface area contributed by atoms with Crippen molar-refractivity contribution >= 4 is 23.4 Å². The van der Waals surface area contributed by atoms with E-state index >= 15 is 0 Å². The van der Waals surface area contributed by atoms with E-state index in [0.29, 0.717) is 19.0 Å². The Labute approximate surface area is 109 Å². The van der Waals surface area contributed by atoms with Crippen LogP contribution in [0.5, 0.6) is 11.5 Å². The number of carbonyl (C=O) groups excluding carboxylic acids is 1. The van der Waals surface area contributed by atoms with Gasteiger partial charge in [-0.3, -0.25) is 10.1 Å². The molecular weight excluding hydrogens is 252 g/mol. The van der Waals surface area contributed by atoms with E-state index in [-0.39, 0.29) is 11.9 Å². The van der Waals surface area contributed by atoms with Crippen LogP contribution < -0.4 is 20.1 Å². The zero-order valence-electron chi connectivity index (χ0n) is 9.77. The lowest BCUT2D eigenvalue weighted by molar-refractivity contribution is -0.117. The van der Waals surface area contributed by atoms with Crippen LogP contribution in [0.4, 0.5) is 5.69 Å². The molecule has 2 aliphatic rings. The van der Waals surface area contributed by atoms with E-state index in [4.69, 9.17) is 9.47 Å². The molecule has 0 bridgehead atoms. The molecule has 2 N–H and O–H groups in total. The first kappa shape index (κ1) is 11.7. The summed E-state index contributed by atoms with van der Waals surface area (Å²) < 4.78 is 10.9. The number of carbonyl (C=O) groups is 1. The van der Waals surface area contributed by atoms with Gasteiger partial charge < -0.3 is 14.8 Å². The van der Waals surface area contributed by atoms with E-state index in [2.05, 4.69) is 10.6 Å². The van der Waals surface area contributed by atoms with Gasteiger partial charge in [0.25, 0.3) is 0 Å².